The van der Waals surface area contributed by atoms with Gasteiger partial charge in [0.2, 0.25) is 0 Å². The molecule has 0 saturated carbocycles. The van der Waals surface area contributed by atoms with Gasteiger partial charge in [-0.05, 0) is 34.1 Å². The molecule has 0 saturated heterocycles. The zero-order valence-electron chi connectivity index (χ0n) is 9.95. The van der Waals surface area contributed by atoms with Gasteiger partial charge in [-0.15, -0.1) is 0 Å². The first kappa shape index (κ1) is 13.8. The van der Waals surface area contributed by atoms with Crippen molar-refractivity contribution in [3.63, 3.8) is 0 Å². The summed E-state index contributed by atoms with van der Waals surface area (Å²) in [6.45, 7) is 0. The molecule has 2 N–H and O–H groups in total. The highest BCUT2D eigenvalue weighted by Gasteiger charge is 2.10. The maximum Gasteiger partial charge on any atom is 0.255 e. The van der Waals surface area contributed by atoms with Gasteiger partial charge in [-0.2, -0.15) is 0 Å². The van der Waals surface area contributed by atoms with Gasteiger partial charge in [0.15, 0.2) is 0 Å². The summed E-state index contributed by atoms with van der Waals surface area (Å²) in [6.07, 6.45) is 3.20. The van der Waals surface area contributed by atoms with Crippen molar-refractivity contribution in [3.05, 3.63) is 45.8 Å². The Hall–Kier alpha value is -1.66. The summed E-state index contributed by atoms with van der Waals surface area (Å²) in [5, 5.41) is 5.86. The van der Waals surface area contributed by atoms with E-state index in [-0.39, 0.29) is 11.1 Å². The second-order valence-corrected chi connectivity index (χ2v) is 4.87. The second-order valence-electron chi connectivity index (χ2n) is 3.62. The highest BCUT2D eigenvalue weighted by atomic mass is 79.9. The van der Waals surface area contributed by atoms with Crippen molar-refractivity contribution in [3.8, 4) is 0 Å². The van der Waals surface area contributed by atoms with Crippen molar-refractivity contribution in [2.24, 2.45) is 0 Å². The maximum absolute atomic E-state index is 12.1. The Labute approximate surface area is 123 Å². The van der Waals surface area contributed by atoms with Crippen LogP contribution in [0.3, 0.4) is 0 Å². The average Bonchev–Trinajstić information content (AvgIpc) is 2.40. The summed E-state index contributed by atoms with van der Waals surface area (Å²) in [5.41, 5.74) is 1.06. The van der Waals surface area contributed by atoms with Crippen molar-refractivity contribution in [2.45, 2.75) is 0 Å². The minimum Gasteiger partial charge on any atom is -0.373 e. The lowest BCUT2D eigenvalue weighted by molar-refractivity contribution is 0.102. The first-order chi connectivity index (χ1) is 9.10. The zero-order chi connectivity index (χ0) is 13.8. The van der Waals surface area contributed by atoms with Gasteiger partial charge < -0.3 is 10.6 Å². The molecule has 0 spiro atoms. The van der Waals surface area contributed by atoms with E-state index in [1.165, 1.54) is 6.07 Å². The van der Waals surface area contributed by atoms with E-state index in [0.29, 0.717) is 21.5 Å². The van der Waals surface area contributed by atoms with Crippen molar-refractivity contribution in [1.82, 2.24) is 9.97 Å². The number of anilines is 2. The third kappa shape index (κ3) is 3.42. The van der Waals surface area contributed by atoms with Crippen LogP contribution in [0.2, 0.25) is 5.15 Å². The molecule has 0 bridgehead atoms. The Morgan fingerprint density at radius 3 is 2.89 bits per heavy atom. The fourth-order valence-electron chi connectivity index (χ4n) is 1.43. The van der Waals surface area contributed by atoms with E-state index in [9.17, 15) is 4.79 Å². The molecule has 0 unspecified atom stereocenters. The van der Waals surface area contributed by atoms with Gasteiger partial charge in [-0.3, -0.25) is 9.78 Å². The number of carbonyl (C=O) groups is 1. The van der Waals surface area contributed by atoms with Crippen LogP contribution in [0.1, 0.15) is 10.4 Å². The quantitative estimate of drug-likeness (QED) is 0.841. The van der Waals surface area contributed by atoms with Gasteiger partial charge in [-0.25, -0.2) is 4.98 Å². The molecular formula is C12H10BrClN4O. The van der Waals surface area contributed by atoms with E-state index in [2.05, 4.69) is 36.5 Å². The molecule has 0 atom stereocenters. The van der Waals surface area contributed by atoms with Gasteiger partial charge in [0.25, 0.3) is 5.91 Å². The molecule has 2 aromatic rings. The van der Waals surface area contributed by atoms with Crippen molar-refractivity contribution in [1.29, 1.82) is 0 Å². The fraction of sp³-hybridized carbons (Fsp3) is 0.0833. The van der Waals surface area contributed by atoms with Crippen LogP contribution >= 0.6 is 27.5 Å². The number of nitrogens with zero attached hydrogens (tertiary/aromatic N) is 2. The minimum absolute atomic E-state index is 0.255. The number of pyridine rings is 2. The number of hydrogen-bond donors (Lipinski definition) is 2. The van der Waals surface area contributed by atoms with E-state index in [4.69, 9.17) is 11.6 Å². The minimum atomic E-state index is -0.271. The molecule has 2 heterocycles. The molecule has 0 aliphatic carbocycles. The van der Waals surface area contributed by atoms with Crippen LogP contribution in [0.5, 0.6) is 0 Å². The smallest absolute Gasteiger partial charge is 0.255 e. The van der Waals surface area contributed by atoms with Crippen molar-refractivity contribution < 1.29 is 4.79 Å². The van der Waals surface area contributed by atoms with Crippen LogP contribution in [0, 0.1) is 0 Å². The number of amides is 1. The molecule has 0 fully saturated rings. The van der Waals surface area contributed by atoms with Crippen LogP contribution in [0.4, 0.5) is 11.5 Å². The Bertz CT molecular complexity index is 620. The number of nitrogens with one attached hydrogen (secondary N) is 2. The molecule has 7 heteroatoms. The summed E-state index contributed by atoms with van der Waals surface area (Å²) in [4.78, 5) is 20.1. The highest BCUT2D eigenvalue weighted by Crippen LogP contribution is 2.21. The predicted octanol–water partition coefficient (Wildman–Crippen LogP) is 3.19. The third-order valence-corrected chi connectivity index (χ3v) is 3.16. The molecule has 2 rings (SSSR count). The van der Waals surface area contributed by atoms with Crippen LogP contribution < -0.4 is 10.6 Å². The number of aromatic nitrogens is 2. The molecule has 0 aliphatic heterocycles. The van der Waals surface area contributed by atoms with Crippen molar-refractivity contribution >= 4 is 44.9 Å². The Morgan fingerprint density at radius 1 is 1.42 bits per heavy atom. The SMILES string of the molecule is CNc1cc(C(=O)Nc2ccncc2Br)cc(Cl)n1. The lowest BCUT2D eigenvalue weighted by Gasteiger charge is -2.08. The van der Waals surface area contributed by atoms with Gasteiger partial charge in [-0.1, -0.05) is 11.6 Å². The van der Waals surface area contributed by atoms with Gasteiger partial charge in [0, 0.05) is 25.0 Å². The van der Waals surface area contributed by atoms with E-state index in [0.717, 1.165) is 0 Å². The molecule has 5 nitrogen and oxygen atoms in total. The lowest BCUT2D eigenvalue weighted by Crippen LogP contribution is -2.13. The van der Waals surface area contributed by atoms with Gasteiger partial charge in [0.05, 0.1) is 10.2 Å². The van der Waals surface area contributed by atoms with Crippen molar-refractivity contribution in [2.75, 3.05) is 17.7 Å². The molecule has 0 radical (unpaired) electrons. The molecule has 0 aromatic carbocycles. The molecule has 1 amide bonds. The van der Waals surface area contributed by atoms with Crippen LogP contribution in [0.15, 0.2) is 35.1 Å². The average molecular weight is 342 g/mol. The summed E-state index contributed by atoms with van der Waals surface area (Å²) in [6, 6.07) is 4.83. The fourth-order valence-corrected chi connectivity index (χ4v) is 1.99. The molecule has 98 valence electrons. The third-order valence-electron chi connectivity index (χ3n) is 2.33. The maximum atomic E-state index is 12.1. The molecular weight excluding hydrogens is 332 g/mol. The van der Waals surface area contributed by atoms with Crippen LogP contribution in [-0.4, -0.2) is 22.9 Å². The number of hydrogen-bond acceptors (Lipinski definition) is 4. The summed E-state index contributed by atoms with van der Waals surface area (Å²) in [5.74, 6) is 0.263. The Morgan fingerprint density at radius 2 is 2.21 bits per heavy atom. The number of carbonyl (C=O) groups excluding carboxylic acids is 1. The summed E-state index contributed by atoms with van der Waals surface area (Å²) >= 11 is 9.17. The zero-order valence-corrected chi connectivity index (χ0v) is 12.3. The molecule has 19 heavy (non-hydrogen) atoms. The van der Waals surface area contributed by atoms with Crippen LogP contribution in [-0.2, 0) is 0 Å². The predicted molar refractivity (Wildman–Crippen MR) is 78.7 cm³/mol. The number of halogens is 2. The summed E-state index contributed by atoms with van der Waals surface area (Å²) < 4.78 is 0.706. The van der Waals surface area contributed by atoms with E-state index < -0.39 is 0 Å². The Kier molecular flexibility index (Phi) is 4.34. The summed E-state index contributed by atoms with van der Waals surface area (Å²) in [7, 11) is 1.71. The normalized spacial score (nSPS) is 10.1. The first-order valence-corrected chi connectivity index (χ1v) is 6.53. The monoisotopic (exact) mass is 340 g/mol. The highest BCUT2D eigenvalue weighted by molar-refractivity contribution is 9.10. The lowest BCUT2D eigenvalue weighted by atomic mass is 10.2. The van der Waals surface area contributed by atoms with E-state index >= 15 is 0 Å². The first-order valence-electron chi connectivity index (χ1n) is 5.36. The van der Waals surface area contributed by atoms with E-state index in [1.807, 2.05) is 0 Å². The second kappa shape index (κ2) is 5.99. The van der Waals surface area contributed by atoms with E-state index in [1.54, 1.807) is 31.6 Å². The Balaban J connectivity index is 2.25. The standard InChI is InChI=1S/C12H10BrClN4O/c1-15-11-5-7(4-10(14)18-11)12(19)17-9-2-3-16-6-8(9)13/h2-6H,1H3,(H,15,18)(H,16,17,19). The van der Waals surface area contributed by atoms with Gasteiger partial charge >= 0.3 is 0 Å². The van der Waals surface area contributed by atoms with Crippen LogP contribution in [0.25, 0.3) is 0 Å². The topological polar surface area (TPSA) is 66.9 Å². The number of rotatable bonds is 3. The molecule has 2 aromatic heterocycles. The molecule has 0 aliphatic rings. The van der Waals surface area contributed by atoms with Gasteiger partial charge in [0.1, 0.15) is 11.0 Å². The largest absolute Gasteiger partial charge is 0.373 e.